The molecule has 19 heavy (non-hydrogen) atoms. The van der Waals surface area contributed by atoms with Gasteiger partial charge in [0.05, 0.1) is 10.9 Å². The molecule has 1 heterocycles. The van der Waals surface area contributed by atoms with Gasteiger partial charge in [-0.25, -0.2) is 9.37 Å². The first-order valence-electron chi connectivity index (χ1n) is 6.88. The predicted octanol–water partition coefficient (Wildman–Crippen LogP) is 4.84. The number of halogens is 2. The van der Waals surface area contributed by atoms with Gasteiger partial charge in [0.15, 0.2) is 5.82 Å². The van der Waals surface area contributed by atoms with Gasteiger partial charge >= 0.3 is 0 Å². The van der Waals surface area contributed by atoms with E-state index in [4.69, 9.17) is 11.6 Å². The Morgan fingerprint density at radius 1 is 1.42 bits per heavy atom. The van der Waals surface area contributed by atoms with Crippen molar-refractivity contribution < 1.29 is 4.39 Å². The second-order valence-corrected chi connectivity index (χ2v) is 6.29. The summed E-state index contributed by atoms with van der Waals surface area (Å²) in [7, 11) is 0. The monoisotopic (exact) mass is 280 g/mol. The minimum absolute atomic E-state index is 0.206. The molecule has 0 aliphatic heterocycles. The Hall–Kier alpha value is -1.09. The van der Waals surface area contributed by atoms with Crippen LogP contribution in [0.4, 0.5) is 4.39 Å². The van der Waals surface area contributed by atoms with Gasteiger partial charge in [0.1, 0.15) is 11.3 Å². The molecule has 2 aromatic rings. The van der Waals surface area contributed by atoms with Gasteiger partial charge < -0.3 is 4.57 Å². The lowest BCUT2D eigenvalue weighted by molar-refractivity contribution is 0.488. The summed E-state index contributed by atoms with van der Waals surface area (Å²) in [6.45, 7) is 4.17. The summed E-state index contributed by atoms with van der Waals surface area (Å²) in [5.74, 6) is 1.25. The molecule has 1 aliphatic carbocycles. The number of nitrogens with zero attached hydrogens (tertiary/aromatic N) is 2. The van der Waals surface area contributed by atoms with Gasteiger partial charge in [0.25, 0.3) is 0 Å². The van der Waals surface area contributed by atoms with E-state index in [0.717, 1.165) is 30.1 Å². The Balaban J connectivity index is 2.20. The minimum atomic E-state index is -0.263. The third kappa shape index (κ3) is 2.14. The standard InChI is InChI=1S/C15H18ClFN2/c1-9-6-7-11(8-9)19-13-5-3-4-12(17)14(13)18-15(19)10(2)16/h3-5,9-11H,6-8H2,1-2H3. The summed E-state index contributed by atoms with van der Waals surface area (Å²) in [6.07, 6.45) is 3.47. The number of aromatic nitrogens is 2. The highest BCUT2D eigenvalue weighted by molar-refractivity contribution is 6.20. The van der Waals surface area contributed by atoms with Gasteiger partial charge in [0, 0.05) is 6.04 Å². The number of hydrogen-bond donors (Lipinski definition) is 0. The van der Waals surface area contributed by atoms with Crippen molar-refractivity contribution in [2.75, 3.05) is 0 Å². The molecule has 0 bridgehead atoms. The number of imidazole rings is 1. The van der Waals surface area contributed by atoms with Gasteiger partial charge in [0.2, 0.25) is 0 Å². The van der Waals surface area contributed by atoms with Crippen molar-refractivity contribution in [2.45, 2.75) is 44.5 Å². The van der Waals surface area contributed by atoms with Crippen molar-refractivity contribution in [3.63, 3.8) is 0 Å². The van der Waals surface area contributed by atoms with Crippen molar-refractivity contribution in [2.24, 2.45) is 5.92 Å². The molecule has 1 aromatic carbocycles. The fourth-order valence-electron chi connectivity index (χ4n) is 3.18. The molecular formula is C15H18ClFN2. The number of benzene rings is 1. The fraction of sp³-hybridized carbons (Fsp3) is 0.533. The van der Waals surface area contributed by atoms with Crippen molar-refractivity contribution in [1.29, 1.82) is 0 Å². The molecule has 0 N–H and O–H groups in total. The Morgan fingerprint density at radius 2 is 2.21 bits per heavy atom. The van der Waals surface area contributed by atoms with Crippen LogP contribution in [0.25, 0.3) is 11.0 Å². The van der Waals surface area contributed by atoms with E-state index in [-0.39, 0.29) is 11.2 Å². The topological polar surface area (TPSA) is 17.8 Å². The molecular weight excluding hydrogens is 263 g/mol. The van der Waals surface area contributed by atoms with Crippen LogP contribution in [0.15, 0.2) is 18.2 Å². The second kappa shape index (κ2) is 4.78. The summed E-state index contributed by atoms with van der Waals surface area (Å²) in [4.78, 5) is 4.44. The molecule has 0 spiro atoms. The average molecular weight is 281 g/mol. The fourth-order valence-corrected chi connectivity index (χ4v) is 3.33. The molecule has 4 heteroatoms. The van der Waals surface area contributed by atoms with E-state index in [1.807, 2.05) is 13.0 Å². The maximum atomic E-state index is 13.9. The van der Waals surface area contributed by atoms with Crippen LogP contribution in [0.3, 0.4) is 0 Å². The van der Waals surface area contributed by atoms with Crippen LogP contribution in [-0.2, 0) is 0 Å². The molecule has 3 atom stereocenters. The van der Waals surface area contributed by atoms with E-state index < -0.39 is 0 Å². The molecule has 0 saturated heterocycles. The number of rotatable bonds is 2. The van der Waals surface area contributed by atoms with Crippen LogP contribution < -0.4 is 0 Å². The first kappa shape index (κ1) is 12.9. The van der Waals surface area contributed by atoms with Crippen molar-refractivity contribution in [1.82, 2.24) is 9.55 Å². The van der Waals surface area contributed by atoms with Gasteiger partial charge in [-0.05, 0) is 44.2 Å². The molecule has 1 aromatic heterocycles. The second-order valence-electron chi connectivity index (χ2n) is 5.64. The predicted molar refractivity (Wildman–Crippen MR) is 76.0 cm³/mol. The van der Waals surface area contributed by atoms with Crippen LogP contribution in [-0.4, -0.2) is 9.55 Å². The molecule has 1 fully saturated rings. The highest BCUT2D eigenvalue weighted by atomic mass is 35.5. The van der Waals surface area contributed by atoms with Crippen molar-refractivity contribution >= 4 is 22.6 Å². The first-order chi connectivity index (χ1) is 9.08. The summed E-state index contributed by atoms with van der Waals surface area (Å²) in [6, 6.07) is 5.55. The van der Waals surface area contributed by atoms with E-state index in [2.05, 4.69) is 16.5 Å². The first-order valence-corrected chi connectivity index (χ1v) is 7.32. The number of fused-ring (bicyclic) bond motifs is 1. The average Bonchev–Trinajstić information content (AvgIpc) is 2.93. The maximum absolute atomic E-state index is 13.9. The van der Waals surface area contributed by atoms with Crippen LogP contribution in [0.2, 0.25) is 0 Å². The quantitative estimate of drug-likeness (QED) is 0.720. The van der Waals surface area contributed by atoms with Gasteiger partial charge in [-0.1, -0.05) is 13.0 Å². The highest BCUT2D eigenvalue weighted by Gasteiger charge is 2.28. The van der Waals surface area contributed by atoms with E-state index in [1.165, 1.54) is 12.5 Å². The Morgan fingerprint density at radius 3 is 2.84 bits per heavy atom. The Labute approximate surface area is 117 Å². The third-order valence-corrected chi connectivity index (χ3v) is 4.28. The van der Waals surface area contributed by atoms with Gasteiger partial charge in [-0.3, -0.25) is 0 Å². The van der Waals surface area contributed by atoms with Crippen LogP contribution in [0, 0.1) is 11.7 Å². The summed E-state index contributed by atoms with van der Waals surface area (Å²) in [5.41, 5.74) is 1.33. The zero-order valence-corrected chi connectivity index (χ0v) is 12.0. The molecule has 3 rings (SSSR count). The lowest BCUT2D eigenvalue weighted by atomic mass is 10.1. The zero-order chi connectivity index (χ0) is 13.6. The van der Waals surface area contributed by atoms with E-state index in [0.29, 0.717) is 11.6 Å². The lowest BCUT2D eigenvalue weighted by Crippen LogP contribution is -2.10. The zero-order valence-electron chi connectivity index (χ0n) is 11.2. The Kier molecular flexibility index (Phi) is 3.25. The SMILES string of the molecule is CC1CCC(n2c(C(C)Cl)nc3c(F)cccc32)C1. The summed E-state index contributed by atoms with van der Waals surface area (Å²) in [5, 5.41) is -0.206. The van der Waals surface area contributed by atoms with Crippen LogP contribution in [0.5, 0.6) is 0 Å². The molecule has 2 nitrogen and oxygen atoms in total. The molecule has 0 amide bonds. The number of hydrogen-bond acceptors (Lipinski definition) is 1. The normalized spacial score (nSPS) is 25.1. The van der Waals surface area contributed by atoms with Crippen LogP contribution >= 0.6 is 11.6 Å². The van der Waals surface area contributed by atoms with E-state index in [1.54, 1.807) is 6.07 Å². The van der Waals surface area contributed by atoms with Gasteiger partial charge in [-0.15, -0.1) is 11.6 Å². The summed E-state index contributed by atoms with van der Waals surface area (Å²) >= 11 is 6.24. The van der Waals surface area contributed by atoms with Crippen molar-refractivity contribution in [3.05, 3.63) is 29.8 Å². The lowest BCUT2D eigenvalue weighted by Gasteiger charge is -2.17. The molecule has 102 valence electrons. The van der Waals surface area contributed by atoms with Gasteiger partial charge in [-0.2, -0.15) is 0 Å². The number of alkyl halides is 1. The molecule has 1 saturated carbocycles. The summed E-state index contributed by atoms with van der Waals surface area (Å²) < 4.78 is 16.1. The van der Waals surface area contributed by atoms with E-state index >= 15 is 0 Å². The highest BCUT2D eigenvalue weighted by Crippen LogP contribution is 2.39. The van der Waals surface area contributed by atoms with E-state index in [9.17, 15) is 4.39 Å². The third-order valence-electron chi connectivity index (χ3n) is 4.09. The molecule has 1 aliphatic rings. The smallest absolute Gasteiger partial charge is 0.151 e. The maximum Gasteiger partial charge on any atom is 0.151 e. The largest absolute Gasteiger partial charge is 0.324 e. The van der Waals surface area contributed by atoms with Crippen molar-refractivity contribution in [3.8, 4) is 0 Å². The minimum Gasteiger partial charge on any atom is -0.324 e. The van der Waals surface area contributed by atoms with Crippen LogP contribution in [0.1, 0.15) is 50.4 Å². The number of para-hydroxylation sites is 1. The Bertz CT molecular complexity index is 605. The molecule has 3 unspecified atom stereocenters. The molecule has 0 radical (unpaired) electrons.